The van der Waals surface area contributed by atoms with Gasteiger partial charge in [0.2, 0.25) is 0 Å². The maximum Gasteiger partial charge on any atom is 0.200 e. The molecule has 0 bridgehead atoms. The SMILES string of the molecule is S=c1[nH]nc(-c2ccc3ccccc3n2)n1-c1cccc(OCc2ccccc2)c1. The number of ether oxygens (including phenoxy) is 1. The van der Waals surface area contributed by atoms with Crippen LogP contribution in [0, 0.1) is 4.77 Å². The van der Waals surface area contributed by atoms with Gasteiger partial charge in [-0.1, -0.05) is 60.7 Å². The summed E-state index contributed by atoms with van der Waals surface area (Å²) in [5, 5.41) is 8.41. The zero-order valence-electron chi connectivity index (χ0n) is 16.0. The zero-order valence-corrected chi connectivity index (χ0v) is 16.8. The smallest absolute Gasteiger partial charge is 0.200 e. The lowest BCUT2D eigenvalue weighted by Gasteiger charge is -2.10. The monoisotopic (exact) mass is 410 g/mol. The molecule has 0 unspecified atom stereocenters. The molecule has 0 radical (unpaired) electrons. The first-order chi connectivity index (χ1) is 14.8. The number of para-hydroxylation sites is 1. The highest BCUT2D eigenvalue weighted by Crippen LogP contribution is 2.25. The zero-order chi connectivity index (χ0) is 20.3. The Morgan fingerprint density at radius 2 is 1.70 bits per heavy atom. The molecule has 2 aromatic heterocycles. The Kier molecular flexibility index (Phi) is 4.83. The summed E-state index contributed by atoms with van der Waals surface area (Å²) in [4.78, 5) is 4.76. The second-order valence-electron chi connectivity index (χ2n) is 6.85. The van der Waals surface area contributed by atoms with E-state index in [1.54, 1.807) is 0 Å². The maximum absolute atomic E-state index is 5.98. The number of nitrogens with one attached hydrogen (secondary N) is 1. The van der Waals surface area contributed by atoms with Crippen LogP contribution in [0.1, 0.15) is 5.56 Å². The Hall–Kier alpha value is -3.77. The predicted molar refractivity (Wildman–Crippen MR) is 120 cm³/mol. The Balaban J connectivity index is 1.50. The van der Waals surface area contributed by atoms with E-state index in [1.165, 1.54) is 0 Å². The summed E-state index contributed by atoms with van der Waals surface area (Å²) in [7, 11) is 0. The van der Waals surface area contributed by atoms with E-state index < -0.39 is 0 Å². The standard InChI is InChI=1S/C24H18N4OS/c30-24-27-26-23(22-14-13-18-9-4-5-12-21(18)25-22)28(24)19-10-6-11-20(15-19)29-16-17-7-2-1-3-8-17/h1-15H,16H2,(H,27,30). The number of rotatable bonds is 5. The molecule has 6 heteroatoms. The van der Waals surface area contributed by atoms with Crippen LogP contribution in [0.25, 0.3) is 28.1 Å². The van der Waals surface area contributed by atoms with E-state index in [2.05, 4.69) is 10.2 Å². The summed E-state index contributed by atoms with van der Waals surface area (Å²) in [5.41, 5.74) is 3.64. The van der Waals surface area contributed by atoms with E-state index in [-0.39, 0.29) is 0 Å². The summed E-state index contributed by atoms with van der Waals surface area (Å²) < 4.78 is 8.36. The summed E-state index contributed by atoms with van der Waals surface area (Å²) in [6, 6.07) is 29.9. The van der Waals surface area contributed by atoms with E-state index >= 15 is 0 Å². The molecular formula is C24H18N4OS. The minimum absolute atomic E-state index is 0.500. The van der Waals surface area contributed by atoms with Crippen molar-refractivity contribution in [2.45, 2.75) is 6.61 Å². The molecular weight excluding hydrogens is 392 g/mol. The van der Waals surface area contributed by atoms with E-state index in [0.29, 0.717) is 17.2 Å². The van der Waals surface area contributed by atoms with Gasteiger partial charge in [0.1, 0.15) is 18.1 Å². The molecule has 0 atom stereocenters. The topological polar surface area (TPSA) is 55.7 Å². The van der Waals surface area contributed by atoms with Gasteiger partial charge in [0.15, 0.2) is 10.6 Å². The van der Waals surface area contributed by atoms with Gasteiger partial charge in [0, 0.05) is 11.5 Å². The molecule has 0 spiro atoms. The third-order valence-corrected chi connectivity index (χ3v) is 5.10. The van der Waals surface area contributed by atoms with Gasteiger partial charge in [-0.05, 0) is 42.0 Å². The average Bonchev–Trinajstić information content (AvgIpc) is 3.19. The van der Waals surface area contributed by atoms with Crippen LogP contribution in [0.15, 0.2) is 91.0 Å². The van der Waals surface area contributed by atoms with E-state index in [0.717, 1.165) is 33.6 Å². The van der Waals surface area contributed by atoms with Crippen LogP contribution in [-0.2, 0) is 6.61 Å². The van der Waals surface area contributed by atoms with Crippen molar-refractivity contribution in [3.8, 4) is 23.0 Å². The van der Waals surface area contributed by atoms with Gasteiger partial charge in [-0.15, -0.1) is 0 Å². The molecule has 0 fully saturated rings. The highest BCUT2D eigenvalue weighted by Gasteiger charge is 2.13. The van der Waals surface area contributed by atoms with Crippen LogP contribution >= 0.6 is 12.2 Å². The molecule has 30 heavy (non-hydrogen) atoms. The fraction of sp³-hybridized carbons (Fsp3) is 0.0417. The molecule has 1 N–H and O–H groups in total. The van der Waals surface area contributed by atoms with Crippen LogP contribution in [0.5, 0.6) is 5.75 Å². The number of H-pyrrole nitrogens is 1. The van der Waals surface area contributed by atoms with Crippen LogP contribution < -0.4 is 4.74 Å². The highest BCUT2D eigenvalue weighted by molar-refractivity contribution is 7.71. The van der Waals surface area contributed by atoms with Gasteiger partial charge in [-0.3, -0.25) is 9.67 Å². The summed E-state index contributed by atoms with van der Waals surface area (Å²) in [6.45, 7) is 0.500. The Labute approximate surface area is 178 Å². The second-order valence-corrected chi connectivity index (χ2v) is 7.24. The number of hydrogen-bond donors (Lipinski definition) is 1. The Morgan fingerprint density at radius 3 is 2.60 bits per heavy atom. The number of hydrogen-bond acceptors (Lipinski definition) is 4. The van der Waals surface area contributed by atoms with Gasteiger partial charge >= 0.3 is 0 Å². The van der Waals surface area contributed by atoms with Gasteiger partial charge in [0.05, 0.1) is 11.2 Å². The predicted octanol–water partition coefficient (Wildman–Crippen LogP) is 5.72. The number of benzene rings is 3. The Bertz CT molecular complexity index is 1370. The molecule has 5 aromatic rings. The number of pyridine rings is 1. The third-order valence-electron chi connectivity index (χ3n) is 4.82. The van der Waals surface area contributed by atoms with Crippen molar-refractivity contribution >= 4 is 23.1 Å². The Morgan fingerprint density at radius 1 is 0.867 bits per heavy atom. The molecule has 0 saturated heterocycles. The molecule has 5 rings (SSSR count). The summed E-state index contributed by atoms with van der Waals surface area (Å²) in [5.74, 6) is 1.42. The van der Waals surface area contributed by atoms with Crippen molar-refractivity contribution < 1.29 is 4.74 Å². The lowest BCUT2D eigenvalue weighted by atomic mass is 10.2. The van der Waals surface area contributed by atoms with Gasteiger partial charge in [0.25, 0.3) is 0 Å². The molecule has 0 aliphatic heterocycles. The van der Waals surface area contributed by atoms with E-state index in [9.17, 15) is 0 Å². The lowest BCUT2D eigenvalue weighted by molar-refractivity contribution is 0.306. The number of aromatic nitrogens is 4. The molecule has 0 amide bonds. The van der Waals surface area contributed by atoms with E-state index in [4.69, 9.17) is 21.9 Å². The van der Waals surface area contributed by atoms with Crippen LogP contribution in [-0.4, -0.2) is 19.7 Å². The van der Waals surface area contributed by atoms with Crippen LogP contribution in [0.4, 0.5) is 0 Å². The molecule has 146 valence electrons. The van der Waals surface area contributed by atoms with E-state index in [1.807, 2.05) is 95.6 Å². The van der Waals surface area contributed by atoms with Crippen molar-refractivity contribution in [2.75, 3.05) is 0 Å². The molecule has 0 aliphatic rings. The summed E-state index contributed by atoms with van der Waals surface area (Å²) in [6.07, 6.45) is 0. The maximum atomic E-state index is 5.98. The van der Waals surface area contributed by atoms with Crippen molar-refractivity contribution in [1.29, 1.82) is 0 Å². The fourth-order valence-electron chi connectivity index (χ4n) is 3.35. The number of fused-ring (bicyclic) bond motifs is 1. The van der Waals surface area contributed by atoms with Gasteiger partial charge in [-0.2, -0.15) is 5.10 Å². The molecule has 0 aliphatic carbocycles. The van der Waals surface area contributed by atoms with Crippen molar-refractivity contribution in [1.82, 2.24) is 19.7 Å². The lowest BCUT2D eigenvalue weighted by Crippen LogP contribution is -2.01. The first-order valence-corrected chi connectivity index (χ1v) is 9.99. The molecule has 2 heterocycles. The highest BCUT2D eigenvalue weighted by atomic mass is 32.1. The second kappa shape index (κ2) is 7.93. The van der Waals surface area contributed by atoms with Crippen molar-refractivity contribution in [3.63, 3.8) is 0 Å². The number of aromatic amines is 1. The third kappa shape index (κ3) is 3.60. The van der Waals surface area contributed by atoms with Crippen molar-refractivity contribution in [2.24, 2.45) is 0 Å². The molecule has 3 aromatic carbocycles. The first-order valence-electron chi connectivity index (χ1n) is 9.59. The quantitative estimate of drug-likeness (QED) is 0.376. The minimum Gasteiger partial charge on any atom is -0.489 e. The van der Waals surface area contributed by atoms with Crippen LogP contribution in [0.3, 0.4) is 0 Å². The molecule has 0 saturated carbocycles. The average molecular weight is 411 g/mol. The first kappa shape index (κ1) is 18.3. The molecule has 5 nitrogen and oxygen atoms in total. The largest absolute Gasteiger partial charge is 0.489 e. The van der Waals surface area contributed by atoms with Crippen molar-refractivity contribution in [3.05, 3.63) is 101 Å². The minimum atomic E-state index is 0.500. The summed E-state index contributed by atoms with van der Waals surface area (Å²) >= 11 is 5.51. The number of nitrogens with zero attached hydrogens (tertiary/aromatic N) is 3. The fourth-order valence-corrected chi connectivity index (χ4v) is 3.59. The van der Waals surface area contributed by atoms with Crippen LogP contribution in [0.2, 0.25) is 0 Å². The van der Waals surface area contributed by atoms with Gasteiger partial charge < -0.3 is 4.74 Å². The normalized spacial score (nSPS) is 10.9. The van der Waals surface area contributed by atoms with Gasteiger partial charge in [-0.25, -0.2) is 4.98 Å².